The maximum Gasteiger partial charge on any atom is 0.130 e. The average Bonchev–Trinajstić information content (AvgIpc) is 2.84. The van der Waals surface area contributed by atoms with E-state index in [2.05, 4.69) is 17.2 Å². The number of benzene rings is 1. The molecule has 20 heavy (non-hydrogen) atoms. The van der Waals surface area contributed by atoms with Crippen molar-refractivity contribution in [3.63, 3.8) is 0 Å². The first-order valence-corrected chi connectivity index (χ1v) is 7.16. The Morgan fingerprint density at radius 2 is 2.25 bits per heavy atom. The maximum atomic E-state index is 6.26. The van der Waals surface area contributed by atoms with Crippen LogP contribution in [0.1, 0.15) is 24.6 Å². The van der Waals surface area contributed by atoms with E-state index in [9.17, 15) is 0 Å². The summed E-state index contributed by atoms with van der Waals surface area (Å²) in [5, 5.41) is 4.09. The van der Waals surface area contributed by atoms with Gasteiger partial charge >= 0.3 is 0 Å². The standard InChI is InChI=1S/C15H20ClN3O/c1-3-7-17-9-13-14(16)5-4-6-15(13)20-10-12-8-18-11-19(12)2/h4-6,8,11,17H,3,7,9-10H2,1-2H3. The number of halogens is 1. The summed E-state index contributed by atoms with van der Waals surface area (Å²) < 4.78 is 7.83. The highest BCUT2D eigenvalue weighted by Crippen LogP contribution is 2.27. The van der Waals surface area contributed by atoms with Crippen molar-refractivity contribution in [1.29, 1.82) is 0 Å². The van der Waals surface area contributed by atoms with Crippen LogP contribution >= 0.6 is 11.6 Å². The van der Waals surface area contributed by atoms with Crippen LogP contribution in [-0.2, 0) is 20.2 Å². The Morgan fingerprint density at radius 1 is 1.40 bits per heavy atom. The molecule has 0 aliphatic heterocycles. The molecule has 5 heteroatoms. The summed E-state index contributed by atoms with van der Waals surface area (Å²) >= 11 is 6.26. The van der Waals surface area contributed by atoms with Crippen molar-refractivity contribution in [3.8, 4) is 5.75 Å². The van der Waals surface area contributed by atoms with Gasteiger partial charge in [0.2, 0.25) is 0 Å². The molecule has 0 saturated carbocycles. The number of hydrogen-bond acceptors (Lipinski definition) is 3. The predicted molar refractivity (Wildman–Crippen MR) is 81.0 cm³/mol. The van der Waals surface area contributed by atoms with E-state index in [1.165, 1.54) is 0 Å². The van der Waals surface area contributed by atoms with Gasteiger partial charge in [0.1, 0.15) is 12.4 Å². The van der Waals surface area contributed by atoms with Gasteiger partial charge in [0.15, 0.2) is 0 Å². The fourth-order valence-electron chi connectivity index (χ4n) is 1.91. The lowest BCUT2D eigenvalue weighted by atomic mass is 10.2. The fourth-order valence-corrected chi connectivity index (χ4v) is 2.14. The van der Waals surface area contributed by atoms with Crippen LogP contribution in [0.3, 0.4) is 0 Å². The molecule has 0 saturated heterocycles. The van der Waals surface area contributed by atoms with E-state index in [1.54, 1.807) is 12.5 Å². The van der Waals surface area contributed by atoms with E-state index in [1.807, 2.05) is 29.8 Å². The number of ether oxygens (including phenoxy) is 1. The van der Waals surface area contributed by atoms with Gasteiger partial charge in [-0.05, 0) is 25.1 Å². The van der Waals surface area contributed by atoms with Gasteiger partial charge in [-0.15, -0.1) is 0 Å². The summed E-state index contributed by atoms with van der Waals surface area (Å²) in [6, 6.07) is 5.75. The van der Waals surface area contributed by atoms with E-state index < -0.39 is 0 Å². The van der Waals surface area contributed by atoms with Crippen LogP contribution < -0.4 is 10.1 Å². The lowest BCUT2D eigenvalue weighted by Gasteiger charge is -2.13. The highest BCUT2D eigenvalue weighted by atomic mass is 35.5. The van der Waals surface area contributed by atoms with Crippen LogP contribution in [0.4, 0.5) is 0 Å². The van der Waals surface area contributed by atoms with Crippen molar-refractivity contribution in [2.24, 2.45) is 7.05 Å². The zero-order chi connectivity index (χ0) is 14.4. The summed E-state index contributed by atoms with van der Waals surface area (Å²) in [6.45, 7) is 4.30. The largest absolute Gasteiger partial charge is 0.487 e. The Kier molecular flexibility index (Phi) is 5.44. The second kappa shape index (κ2) is 7.31. The monoisotopic (exact) mass is 293 g/mol. The molecular weight excluding hydrogens is 274 g/mol. The van der Waals surface area contributed by atoms with Crippen molar-refractivity contribution in [2.45, 2.75) is 26.5 Å². The summed E-state index contributed by atoms with van der Waals surface area (Å²) in [5.74, 6) is 0.822. The second-order valence-electron chi connectivity index (χ2n) is 4.68. The van der Waals surface area contributed by atoms with Gasteiger partial charge in [-0.25, -0.2) is 4.98 Å². The van der Waals surface area contributed by atoms with Crippen molar-refractivity contribution in [3.05, 3.63) is 47.0 Å². The van der Waals surface area contributed by atoms with E-state index in [-0.39, 0.29) is 0 Å². The lowest BCUT2D eigenvalue weighted by Crippen LogP contribution is -2.15. The minimum Gasteiger partial charge on any atom is -0.487 e. The molecule has 1 heterocycles. The van der Waals surface area contributed by atoms with Crippen molar-refractivity contribution in [1.82, 2.24) is 14.9 Å². The van der Waals surface area contributed by atoms with Gasteiger partial charge in [0, 0.05) is 24.2 Å². The van der Waals surface area contributed by atoms with Crippen LogP contribution in [0.5, 0.6) is 5.75 Å². The first-order valence-electron chi connectivity index (χ1n) is 6.78. The number of aryl methyl sites for hydroxylation is 1. The summed E-state index contributed by atoms with van der Waals surface area (Å²) in [4.78, 5) is 4.08. The molecule has 0 spiro atoms. The normalized spacial score (nSPS) is 10.8. The Bertz CT molecular complexity index is 554. The number of rotatable bonds is 7. The fraction of sp³-hybridized carbons (Fsp3) is 0.400. The van der Waals surface area contributed by atoms with Crippen LogP contribution in [0, 0.1) is 0 Å². The van der Waals surface area contributed by atoms with Crippen LogP contribution in [-0.4, -0.2) is 16.1 Å². The molecule has 0 unspecified atom stereocenters. The van der Waals surface area contributed by atoms with Gasteiger partial charge < -0.3 is 14.6 Å². The van der Waals surface area contributed by atoms with E-state index in [4.69, 9.17) is 16.3 Å². The van der Waals surface area contributed by atoms with Gasteiger partial charge in [0.25, 0.3) is 0 Å². The van der Waals surface area contributed by atoms with E-state index in [0.29, 0.717) is 13.2 Å². The second-order valence-corrected chi connectivity index (χ2v) is 5.09. The quantitative estimate of drug-likeness (QED) is 0.797. The first kappa shape index (κ1) is 14.9. The molecule has 108 valence electrons. The zero-order valence-corrected chi connectivity index (χ0v) is 12.7. The third kappa shape index (κ3) is 3.74. The molecular formula is C15H20ClN3O. The molecule has 1 N–H and O–H groups in total. The average molecular weight is 294 g/mol. The molecule has 2 aromatic rings. The smallest absolute Gasteiger partial charge is 0.130 e. The molecule has 0 amide bonds. The third-order valence-electron chi connectivity index (χ3n) is 3.10. The Hall–Kier alpha value is -1.52. The molecule has 2 rings (SSSR count). The Labute approximate surface area is 124 Å². The van der Waals surface area contributed by atoms with Crippen molar-refractivity contribution >= 4 is 11.6 Å². The molecule has 1 aromatic carbocycles. The zero-order valence-electron chi connectivity index (χ0n) is 11.9. The van der Waals surface area contributed by atoms with E-state index >= 15 is 0 Å². The minimum atomic E-state index is 0.484. The molecule has 0 atom stereocenters. The first-order chi connectivity index (χ1) is 9.72. The van der Waals surface area contributed by atoms with Crippen LogP contribution in [0.2, 0.25) is 5.02 Å². The molecule has 1 aromatic heterocycles. The van der Waals surface area contributed by atoms with Gasteiger partial charge in [0.05, 0.1) is 18.2 Å². The van der Waals surface area contributed by atoms with Crippen molar-refractivity contribution < 1.29 is 4.74 Å². The molecule has 4 nitrogen and oxygen atoms in total. The predicted octanol–water partition coefficient (Wildman–Crippen LogP) is 3.15. The van der Waals surface area contributed by atoms with Crippen molar-refractivity contribution in [2.75, 3.05) is 6.54 Å². The van der Waals surface area contributed by atoms with Gasteiger partial charge in [-0.2, -0.15) is 0 Å². The Morgan fingerprint density at radius 3 is 2.95 bits per heavy atom. The number of hydrogen-bond donors (Lipinski definition) is 1. The number of nitrogens with zero attached hydrogens (tertiary/aromatic N) is 2. The topological polar surface area (TPSA) is 39.1 Å². The lowest BCUT2D eigenvalue weighted by molar-refractivity contribution is 0.293. The molecule has 0 radical (unpaired) electrons. The highest BCUT2D eigenvalue weighted by Gasteiger charge is 2.09. The number of nitrogens with one attached hydrogen (secondary N) is 1. The third-order valence-corrected chi connectivity index (χ3v) is 3.45. The maximum absolute atomic E-state index is 6.26. The number of imidazole rings is 1. The summed E-state index contributed by atoms with van der Waals surface area (Å²) in [5.41, 5.74) is 2.03. The van der Waals surface area contributed by atoms with Crippen LogP contribution in [0.25, 0.3) is 0 Å². The molecule has 0 aliphatic carbocycles. The SMILES string of the molecule is CCCNCc1c(Cl)cccc1OCc1cncn1C. The highest BCUT2D eigenvalue weighted by molar-refractivity contribution is 6.31. The van der Waals surface area contributed by atoms with E-state index in [0.717, 1.165) is 35.0 Å². The van der Waals surface area contributed by atoms with Crippen LogP contribution in [0.15, 0.2) is 30.7 Å². The Balaban J connectivity index is 2.06. The van der Waals surface area contributed by atoms with Gasteiger partial charge in [-0.1, -0.05) is 24.6 Å². The summed E-state index contributed by atoms with van der Waals surface area (Å²) in [6.07, 6.45) is 4.66. The molecule has 0 aliphatic rings. The molecule has 0 fully saturated rings. The minimum absolute atomic E-state index is 0.484. The van der Waals surface area contributed by atoms with Gasteiger partial charge in [-0.3, -0.25) is 0 Å². The summed E-state index contributed by atoms with van der Waals surface area (Å²) in [7, 11) is 1.95. The molecule has 0 bridgehead atoms. The number of aromatic nitrogens is 2.